The van der Waals surface area contributed by atoms with Gasteiger partial charge in [-0.25, -0.2) is 4.79 Å². The van der Waals surface area contributed by atoms with Crippen molar-refractivity contribution in [2.45, 2.75) is 58.8 Å². The molecule has 1 heterocycles. The second-order valence-corrected chi connectivity index (χ2v) is 7.18. The molecule has 0 N–H and O–H groups in total. The van der Waals surface area contributed by atoms with Gasteiger partial charge in [0.25, 0.3) is 0 Å². The van der Waals surface area contributed by atoms with Crippen molar-refractivity contribution in [3.05, 3.63) is 29.3 Å². The Balaban J connectivity index is 0.00000312. The quantitative estimate of drug-likeness (QED) is 0.500. The van der Waals surface area contributed by atoms with E-state index in [2.05, 4.69) is 32.6 Å². The lowest BCUT2D eigenvalue weighted by atomic mass is 9.94. The molecule has 4 nitrogen and oxygen atoms in total. The summed E-state index contributed by atoms with van der Waals surface area (Å²) in [6, 6.07) is 6.07. The van der Waals surface area contributed by atoms with E-state index in [4.69, 9.17) is 9.47 Å². The summed E-state index contributed by atoms with van der Waals surface area (Å²) >= 11 is 0. The maximum Gasteiger partial charge on any atom is 0.513 e. The predicted octanol–water partition coefficient (Wildman–Crippen LogP) is 5.36. The molecular weight excluding hydrogens is 338 g/mol. The van der Waals surface area contributed by atoms with Gasteiger partial charge in [0, 0.05) is 6.54 Å². The largest absolute Gasteiger partial charge is 0.513 e. The Labute approximate surface area is 158 Å². The molecule has 0 saturated carbocycles. The van der Waals surface area contributed by atoms with Gasteiger partial charge in [0.1, 0.15) is 12.4 Å². The van der Waals surface area contributed by atoms with Gasteiger partial charge in [-0.15, -0.1) is 12.4 Å². The number of benzene rings is 1. The topological polar surface area (TPSA) is 38.8 Å². The van der Waals surface area contributed by atoms with Crippen molar-refractivity contribution in [1.82, 2.24) is 4.90 Å². The average molecular weight is 370 g/mol. The molecule has 0 amide bonds. The Hall–Kier alpha value is -1.26. The van der Waals surface area contributed by atoms with Gasteiger partial charge >= 0.3 is 6.16 Å². The van der Waals surface area contributed by atoms with Crippen molar-refractivity contribution in [3.63, 3.8) is 0 Å². The van der Waals surface area contributed by atoms with Crippen LogP contribution in [0.15, 0.2) is 18.2 Å². The first kappa shape index (κ1) is 21.8. The third-order valence-corrected chi connectivity index (χ3v) is 4.58. The van der Waals surface area contributed by atoms with Gasteiger partial charge in [-0.05, 0) is 48.9 Å². The molecule has 1 saturated heterocycles. The Morgan fingerprint density at radius 2 is 1.60 bits per heavy atom. The van der Waals surface area contributed by atoms with Gasteiger partial charge in [0.15, 0.2) is 0 Å². The van der Waals surface area contributed by atoms with E-state index in [1.807, 2.05) is 18.2 Å². The molecule has 0 atom stereocenters. The number of likely N-dealkylation sites (tertiary alicyclic amines) is 1. The van der Waals surface area contributed by atoms with Crippen molar-refractivity contribution in [2.75, 3.05) is 26.2 Å². The molecule has 2 rings (SSSR count). The molecule has 142 valence electrons. The minimum Gasteiger partial charge on any atom is -0.433 e. The van der Waals surface area contributed by atoms with Crippen LogP contribution in [0.3, 0.4) is 0 Å². The van der Waals surface area contributed by atoms with Crippen molar-refractivity contribution >= 4 is 18.6 Å². The SMILES string of the molecule is CC(C)c1cccc(C(C)C)c1OC(=O)OCCN1CCCCC1.Cl. The average Bonchev–Trinajstić information content (AvgIpc) is 2.55. The van der Waals surface area contributed by atoms with Crippen molar-refractivity contribution in [3.8, 4) is 5.75 Å². The zero-order valence-corrected chi connectivity index (χ0v) is 16.7. The number of piperidine rings is 1. The molecule has 0 radical (unpaired) electrons. The van der Waals surface area contributed by atoms with Crippen LogP contribution < -0.4 is 4.74 Å². The molecule has 0 bridgehead atoms. The van der Waals surface area contributed by atoms with E-state index in [1.54, 1.807) is 0 Å². The number of hydrogen-bond acceptors (Lipinski definition) is 4. The third-order valence-electron chi connectivity index (χ3n) is 4.58. The van der Waals surface area contributed by atoms with Crippen LogP contribution in [-0.2, 0) is 4.74 Å². The summed E-state index contributed by atoms with van der Waals surface area (Å²) in [5, 5.41) is 0. The summed E-state index contributed by atoms with van der Waals surface area (Å²) in [5.41, 5.74) is 2.10. The first-order chi connectivity index (χ1) is 11.5. The normalized spacial score (nSPS) is 15.1. The lowest BCUT2D eigenvalue weighted by molar-refractivity contribution is 0.0830. The number of carbonyl (C=O) groups is 1. The Morgan fingerprint density at radius 3 is 2.12 bits per heavy atom. The molecule has 1 aromatic carbocycles. The molecule has 5 heteroatoms. The van der Waals surface area contributed by atoms with Gasteiger partial charge in [-0.3, -0.25) is 4.90 Å². The lowest BCUT2D eigenvalue weighted by Gasteiger charge is -2.26. The van der Waals surface area contributed by atoms with E-state index >= 15 is 0 Å². The minimum atomic E-state index is -0.595. The summed E-state index contributed by atoms with van der Waals surface area (Å²) in [7, 11) is 0. The molecule has 1 aliphatic heterocycles. The van der Waals surface area contributed by atoms with Crippen LogP contribution in [0.5, 0.6) is 5.75 Å². The van der Waals surface area contributed by atoms with Gasteiger partial charge < -0.3 is 9.47 Å². The number of rotatable bonds is 6. The van der Waals surface area contributed by atoms with Gasteiger partial charge in [0.05, 0.1) is 0 Å². The number of carbonyl (C=O) groups excluding carboxylic acids is 1. The summed E-state index contributed by atoms with van der Waals surface area (Å²) in [6.07, 6.45) is 3.19. The lowest BCUT2D eigenvalue weighted by Crippen LogP contribution is -2.33. The molecule has 0 aliphatic carbocycles. The summed E-state index contributed by atoms with van der Waals surface area (Å²) in [5.74, 6) is 1.25. The number of hydrogen-bond donors (Lipinski definition) is 0. The highest BCUT2D eigenvalue weighted by atomic mass is 35.5. The van der Waals surface area contributed by atoms with Crippen LogP contribution in [0.25, 0.3) is 0 Å². The van der Waals surface area contributed by atoms with Gasteiger partial charge in [-0.1, -0.05) is 52.3 Å². The van der Waals surface area contributed by atoms with E-state index in [9.17, 15) is 4.79 Å². The summed E-state index contributed by atoms with van der Waals surface area (Å²) in [6.45, 7) is 11.8. The first-order valence-electron chi connectivity index (χ1n) is 9.18. The highest BCUT2D eigenvalue weighted by molar-refractivity contribution is 5.85. The van der Waals surface area contributed by atoms with E-state index in [0.29, 0.717) is 24.2 Å². The standard InChI is InChI=1S/C20H31NO3.ClH/c1-15(2)17-9-8-10-18(16(3)4)19(17)24-20(22)23-14-13-21-11-6-5-7-12-21;/h8-10,15-16H,5-7,11-14H2,1-4H3;1H. The molecule has 0 aromatic heterocycles. The molecule has 1 aromatic rings. The zero-order valence-electron chi connectivity index (χ0n) is 15.9. The van der Waals surface area contributed by atoms with Crippen molar-refractivity contribution < 1.29 is 14.3 Å². The smallest absolute Gasteiger partial charge is 0.433 e. The molecular formula is C20H32ClNO3. The first-order valence-corrected chi connectivity index (χ1v) is 9.18. The number of nitrogens with zero attached hydrogens (tertiary/aromatic N) is 1. The van der Waals surface area contributed by atoms with Crippen LogP contribution in [0.2, 0.25) is 0 Å². The summed E-state index contributed by atoms with van der Waals surface area (Å²) < 4.78 is 10.9. The fourth-order valence-corrected chi connectivity index (χ4v) is 3.15. The Kier molecular flexibility index (Phi) is 9.30. The third kappa shape index (κ3) is 6.52. The number of halogens is 1. The molecule has 1 aliphatic rings. The van der Waals surface area contributed by atoms with Crippen LogP contribution >= 0.6 is 12.4 Å². The van der Waals surface area contributed by atoms with Crippen LogP contribution in [-0.4, -0.2) is 37.3 Å². The monoisotopic (exact) mass is 369 g/mol. The van der Waals surface area contributed by atoms with E-state index < -0.39 is 6.16 Å². The van der Waals surface area contributed by atoms with Crippen LogP contribution in [0.1, 0.15) is 69.9 Å². The fraction of sp³-hybridized carbons (Fsp3) is 0.650. The second-order valence-electron chi connectivity index (χ2n) is 7.18. The van der Waals surface area contributed by atoms with E-state index in [-0.39, 0.29) is 12.4 Å². The maximum atomic E-state index is 12.1. The Morgan fingerprint density at radius 1 is 1.04 bits per heavy atom. The van der Waals surface area contributed by atoms with E-state index in [0.717, 1.165) is 30.8 Å². The van der Waals surface area contributed by atoms with E-state index in [1.165, 1.54) is 19.3 Å². The maximum absolute atomic E-state index is 12.1. The van der Waals surface area contributed by atoms with Crippen LogP contribution in [0, 0.1) is 0 Å². The molecule has 1 fully saturated rings. The molecule has 25 heavy (non-hydrogen) atoms. The number of para-hydroxylation sites is 1. The highest BCUT2D eigenvalue weighted by Crippen LogP contribution is 2.34. The van der Waals surface area contributed by atoms with Crippen molar-refractivity contribution in [1.29, 1.82) is 0 Å². The minimum absolute atomic E-state index is 0. The van der Waals surface area contributed by atoms with Gasteiger partial charge in [-0.2, -0.15) is 0 Å². The fourth-order valence-electron chi connectivity index (χ4n) is 3.15. The summed E-state index contributed by atoms with van der Waals surface area (Å²) in [4.78, 5) is 14.5. The molecule has 0 unspecified atom stereocenters. The highest BCUT2D eigenvalue weighted by Gasteiger charge is 2.19. The molecule has 0 spiro atoms. The van der Waals surface area contributed by atoms with Crippen molar-refractivity contribution in [2.24, 2.45) is 0 Å². The number of ether oxygens (including phenoxy) is 2. The zero-order chi connectivity index (χ0) is 17.5. The van der Waals surface area contributed by atoms with Crippen LogP contribution in [0.4, 0.5) is 4.79 Å². The predicted molar refractivity (Wildman–Crippen MR) is 104 cm³/mol. The van der Waals surface area contributed by atoms with Gasteiger partial charge in [0.2, 0.25) is 0 Å². The second kappa shape index (κ2) is 10.7. The Bertz CT molecular complexity index is 513.